The second-order valence-corrected chi connectivity index (χ2v) is 4.07. The fourth-order valence-corrected chi connectivity index (χ4v) is 1.34. The van der Waals surface area contributed by atoms with E-state index in [1.807, 2.05) is 0 Å². The maximum atomic E-state index is 8.75. The number of rotatable bonds is 11. The highest BCUT2D eigenvalue weighted by Crippen LogP contribution is 1.98. The van der Waals surface area contributed by atoms with Gasteiger partial charge in [-0.05, 0) is 19.3 Å². The lowest BCUT2D eigenvalue weighted by Gasteiger charge is -2.17. The highest BCUT2D eigenvalue weighted by molar-refractivity contribution is 4.54. The molecule has 0 rings (SSSR count). The lowest BCUT2D eigenvalue weighted by molar-refractivity contribution is 0.0848. The zero-order valence-corrected chi connectivity index (χ0v) is 11.5. The van der Waals surface area contributed by atoms with Gasteiger partial charge in [-0.1, -0.05) is 0 Å². The topological polar surface area (TPSA) is 125 Å². The minimum absolute atomic E-state index is 0.0694. The first-order valence-corrected chi connectivity index (χ1v) is 6.60. The van der Waals surface area contributed by atoms with Crippen LogP contribution in [0, 0.1) is 0 Å². The van der Waals surface area contributed by atoms with Gasteiger partial charge in [-0.2, -0.15) is 0 Å². The summed E-state index contributed by atoms with van der Waals surface area (Å²) < 4.78 is 0. The number of hydrogen-bond acceptors (Lipinski definition) is 7. The Kier molecular flexibility index (Phi) is 19.6. The number of aliphatic hydroxyl groups excluding tert-OH is 6. The van der Waals surface area contributed by atoms with E-state index in [0.717, 1.165) is 6.42 Å². The first-order chi connectivity index (χ1) is 9.15. The van der Waals surface area contributed by atoms with Crippen LogP contribution in [-0.2, 0) is 0 Å². The van der Waals surface area contributed by atoms with Gasteiger partial charge in [-0.15, -0.1) is 0 Å². The van der Waals surface area contributed by atoms with Crippen molar-refractivity contribution in [2.45, 2.75) is 25.4 Å². The molecule has 1 atom stereocenters. The molecule has 0 aliphatic heterocycles. The van der Waals surface area contributed by atoms with E-state index in [2.05, 4.69) is 0 Å². The summed E-state index contributed by atoms with van der Waals surface area (Å²) in [6.07, 6.45) is 1.46. The predicted octanol–water partition coefficient (Wildman–Crippen LogP) is -2.23. The summed E-state index contributed by atoms with van der Waals surface area (Å²) >= 11 is 0. The normalized spacial score (nSPS) is 12.2. The highest BCUT2D eigenvalue weighted by atomic mass is 16.3. The van der Waals surface area contributed by atoms with Crippen LogP contribution in [0.25, 0.3) is 0 Å². The molecule has 0 bridgehead atoms. The maximum absolute atomic E-state index is 8.75. The summed E-state index contributed by atoms with van der Waals surface area (Å²) in [5.41, 5.74) is 0. The van der Waals surface area contributed by atoms with Crippen molar-refractivity contribution < 1.29 is 30.6 Å². The van der Waals surface area contributed by atoms with Crippen molar-refractivity contribution in [2.75, 3.05) is 52.7 Å². The molecule has 0 aliphatic carbocycles. The molecule has 0 saturated heterocycles. The summed E-state index contributed by atoms with van der Waals surface area (Å²) in [7, 11) is 0. The van der Waals surface area contributed by atoms with Crippen LogP contribution in [0.5, 0.6) is 0 Å². The van der Waals surface area contributed by atoms with Crippen molar-refractivity contribution in [2.24, 2.45) is 0 Å². The quantitative estimate of drug-likeness (QED) is 0.237. The second-order valence-electron chi connectivity index (χ2n) is 4.07. The van der Waals surface area contributed by atoms with Gasteiger partial charge in [0, 0.05) is 26.2 Å². The fourth-order valence-electron chi connectivity index (χ4n) is 1.34. The zero-order valence-electron chi connectivity index (χ0n) is 11.5. The fraction of sp³-hybridized carbons (Fsp3) is 1.00. The largest absolute Gasteiger partial charge is 0.396 e. The Morgan fingerprint density at radius 3 is 1.47 bits per heavy atom. The Morgan fingerprint density at radius 1 is 0.684 bits per heavy atom. The lowest BCUT2D eigenvalue weighted by Crippen LogP contribution is -2.32. The summed E-state index contributed by atoms with van der Waals surface area (Å²) in [4.78, 5) is 1.79. The van der Waals surface area contributed by atoms with Crippen molar-refractivity contribution in [1.29, 1.82) is 0 Å². The van der Waals surface area contributed by atoms with Crippen LogP contribution in [-0.4, -0.2) is 94.3 Å². The molecule has 6 N–H and O–H groups in total. The number of aliphatic hydroxyl groups is 6. The van der Waals surface area contributed by atoms with Crippen LogP contribution in [0.4, 0.5) is 0 Å². The standard InChI is InChI=1S/C6H15NO3.C6H14O3/c8-4-1-7(2-5-9)3-6-10;7-4-2-1-3-6(9)5-8/h8-10H,1-6H2;6-9H,1-5H2. The highest BCUT2D eigenvalue weighted by Gasteiger charge is 2.00. The van der Waals surface area contributed by atoms with E-state index < -0.39 is 6.10 Å². The number of nitrogens with zero attached hydrogens (tertiary/aromatic N) is 1. The molecule has 0 aromatic carbocycles. The van der Waals surface area contributed by atoms with Crippen molar-refractivity contribution >= 4 is 0 Å². The summed E-state index contributed by atoms with van der Waals surface area (Å²) in [6.45, 7) is 1.74. The Balaban J connectivity index is 0. The lowest BCUT2D eigenvalue weighted by atomic mass is 10.2. The molecule has 7 heteroatoms. The van der Waals surface area contributed by atoms with E-state index in [-0.39, 0.29) is 33.0 Å². The molecule has 0 aromatic rings. The number of hydrogen-bond donors (Lipinski definition) is 6. The molecule has 0 aliphatic rings. The summed E-state index contributed by atoms with van der Waals surface area (Å²) in [6, 6.07) is 0. The van der Waals surface area contributed by atoms with Crippen molar-refractivity contribution in [3.63, 3.8) is 0 Å². The average Bonchev–Trinajstić information content (AvgIpc) is 2.40. The van der Waals surface area contributed by atoms with Crippen LogP contribution in [0.2, 0.25) is 0 Å². The third-order valence-electron chi connectivity index (χ3n) is 2.40. The molecular weight excluding hydrogens is 254 g/mol. The van der Waals surface area contributed by atoms with Gasteiger partial charge >= 0.3 is 0 Å². The molecule has 0 amide bonds. The predicted molar refractivity (Wildman–Crippen MR) is 71.7 cm³/mol. The Labute approximate surface area is 114 Å². The third kappa shape index (κ3) is 17.7. The Bertz CT molecular complexity index is 147. The van der Waals surface area contributed by atoms with E-state index in [1.54, 1.807) is 4.90 Å². The molecule has 7 nitrogen and oxygen atoms in total. The van der Waals surface area contributed by atoms with Gasteiger partial charge in [0.05, 0.1) is 32.5 Å². The first-order valence-electron chi connectivity index (χ1n) is 6.60. The molecule has 0 aromatic heterocycles. The van der Waals surface area contributed by atoms with Gasteiger partial charge in [0.1, 0.15) is 0 Å². The van der Waals surface area contributed by atoms with Gasteiger partial charge in [-0.25, -0.2) is 0 Å². The van der Waals surface area contributed by atoms with E-state index in [1.165, 1.54) is 0 Å². The van der Waals surface area contributed by atoms with Crippen LogP contribution >= 0.6 is 0 Å². The van der Waals surface area contributed by atoms with Crippen molar-refractivity contribution in [3.8, 4) is 0 Å². The SMILES string of the molecule is OCCCCC(O)CO.OCCN(CCO)CCO. The van der Waals surface area contributed by atoms with E-state index in [4.69, 9.17) is 30.6 Å². The first kappa shape index (κ1) is 21.0. The monoisotopic (exact) mass is 283 g/mol. The van der Waals surface area contributed by atoms with Crippen molar-refractivity contribution in [1.82, 2.24) is 4.90 Å². The van der Waals surface area contributed by atoms with E-state index in [9.17, 15) is 0 Å². The smallest absolute Gasteiger partial charge is 0.0771 e. The van der Waals surface area contributed by atoms with Crippen LogP contribution in [0.1, 0.15) is 19.3 Å². The van der Waals surface area contributed by atoms with Crippen LogP contribution in [0.15, 0.2) is 0 Å². The molecule has 0 heterocycles. The third-order valence-corrected chi connectivity index (χ3v) is 2.40. The molecule has 0 saturated carbocycles. The number of unbranched alkanes of at least 4 members (excludes halogenated alkanes) is 1. The van der Waals surface area contributed by atoms with E-state index in [0.29, 0.717) is 32.5 Å². The van der Waals surface area contributed by atoms with Crippen molar-refractivity contribution in [3.05, 3.63) is 0 Å². The molecular formula is C12H29NO6. The minimum atomic E-state index is -0.600. The summed E-state index contributed by atoms with van der Waals surface area (Å²) in [5.74, 6) is 0. The van der Waals surface area contributed by atoms with Gasteiger partial charge < -0.3 is 30.6 Å². The molecule has 19 heavy (non-hydrogen) atoms. The average molecular weight is 283 g/mol. The zero-order chi connectivity index (χ0) is 14.9. The van der Waals surface area contributed by atoms with Crippen LogP contribution < -0.4 is 0 Å². The maximum Gasteiger partial charge on any atom is 0.0771 e. The van der Waals surface area contributed by atoms with Gasteiger partial charge in [0.25, 0.3) is 0 Å². The molecule has 0 radical (unpaired) electrons. The minimum Gasteiger partial charge on any atom is -0.396 e. The Morgan fingerprint density at radius 2 is 1.16 bits per heavy atom. The second kappa shape index (κ2) is 17.7. The Hall–Kier alpha value is -0.280. The molecule has 0 spiro atoms. The van der Waals surface area contributed by atoms with Gasteiger partial charge in [-0.3, -0.25) is 4.90 Å². The van der Waals surface area contributed by atoms with Gasteiger partial charge in [0.2, 0.25) is 0 Å². The molecule has 118 valence electrons. The summed E-state index contributed by atoms with van der Waals surface area (Å²) in [5, 5.41) is 50.8. The molecule has 0 fully saturated rings. The molecule has 1 unspecified atom stereocenters. The van der Waals surface area contributed by atoms with Crippen LogP contribution in [0.3, 0.4) is 0 Å². The van der Waals surface area contributed by atoms with E-state index >= 15 is 0 Å². The van der Waals surface area contributed by atoms with Gasteiger partial charge in [0.15, 0.2) is 0 Å².